The number of amides is 2. The summed E-state index contributed by atoms with van der Waals surface area (Å²) in [5.41, 5.74) is 6.25. The van der Waals surface area contributed by atoms with Crippen LogP contribution < -0.4 is 11.1 Å². The summed E-state index contributed by atoms with van der Waals surface area (Å²) >= 11 is 0. The van der Waals surface area contributed by atoms with E-state index in [1.165, 1.54) is 57.5 Å². The summed E-state index contributed by atoms with van der Waals surface area (Å²) in [5.74, 6) is -0.0712. The Morgan fingerprint density at radius 2 is 2.03 bits per heavy atom. The van der Waals surface area contributed by atoms with E-state index in [1.807, 2.05) is 6.20 Å². The van der Waals surface area contributed by atoms with Crippen molar-refractivity contribution in [1.82, 2.24) is 25.3 Å². The van der Waals surface area contributed by atoms with Crippen molar-refractivity contribution in [2.24, 2.45) is 11.7 Å². The summed E-state index contributed by atoms with van der Waals surface area (Å²) in [6.45, 7) is 0. The van der Waals surface area contributed by atoms with Gasteiger partial charge < -0.3 is 11.1 Å². The molecule has 3 N–H and O–H groups in total. The highest BCUT2D eigenvalue weighted by atomic mass is 16.2. The first-order chi connectivity index (χ1) is 14.5. The van der Waals surface area contributed by atoms with Gasteiger partial charge in [-0.2, -0.15) is 5.26 Å². The van der Waals surface area contributed by atoms with E-state index < -0.39 is 5.91 Å². The minimum atomic E-state index is -0.559. The van der Waals surface area contributed by atoms with Gasteiger partial charge >= 0.3 is 0 Å². The number of pyridine rings is 1. The van der Waals surface area contributed by atoms with Gasteiger partial charge in [0.1, 0.15) is 5.69 Å². The van der Waals surface area contributed by atoms with Crippen molar-refractivity contribution in [2.75, 3.05) is 7.05 Å². The lowest BCUT2D eigenvalue weighted by atomic mass is 9.86. The van der Waals surface area contributed by atoms with Crippen LogP contribution in [0, 0.1) is 17.2 Å². The van der Waals surface area contributed by atoms with Crippen LogP contribution in [-0.2, 0) is 12.0 Å². The van der Waals surface area contributed by atoms with Crippen LogP contribution in [0.4, 0.5) is 0 Å². The molecule has 2 fully saturated rings. The van der Waals surface area contributed by atoms with Crippen molar-refractivity contribution >= 4 is 11.8 Å². The van der Waals surface area contributed by atoms with Crippen LogP contribution in [0.3, 0.4) is 0 Å². The fourth-order valence-electron chi connectivity index (χ4n) is 3.60. The second kappa shape index (κ2) is 9.48. The number of carbonyl (C=O) groups excluding carboxylic acids is 2. The van der Waals surface area contributed by atoms with Crippen LogP contribution in [0.25, 0.3) is 0 Å². The van der Waals surface area contributed by atoms with E-state index in [1.54, 1.807) is 4.68 Å². The third-order valence-corrected chi connectivity index (χ3v) is 5.64. The van der Waals surface area contributed by atoms with Gasteiger partial charge in [-0.25, -0.2) is 4.68 Å². The van der Waals surface area contributed by atoms with Gasteiger partial charge in [-0.15, -0.1) is 5.10 Å². The molecule has 0 radical (unpaired) electrons. The molecule has 9 heteroatoms. The molecular weight excluding hydrogens is 382 g/mol. The molecule has 0 saturated heterocycles. The maximum absolute atomic E-state index is 11.0. The number of nitriles is 1. The molecule has 0 aromatic carbocycles. The second-order valence-corrected chi connectivity index (χ2v) is 7.88. The van der Waals surface area contributed by atoms with E-state index in [4.69, 9.17) is 11.0 Å². The quantitative estimate of drug-likeness (QED) is 0.773. The molecule has 30 heavy (non-hydrogen) atoms. The Morgan fingerprint density at radius 3 is 2.57 bits per heavy atom. The summed E-state index contributed by atoms with van der Waals surface area (Å²) in [5, 5.41) is 19.9. The van der Waals surface area contributed by atoms with Crippen molar-refractivity contribution in [3.8, 4) is 6.07 Å². The Labute approximate surface area is 175 Å². The SMILES string of the molecule is CNC(=O)c1ccc(C(N)=O)cn1.N#CC1(n2cc(CC3CCCCC3)nn2)CC1. The van der Waals surface area contributed by atoms with E-state index in [0.717, 1.165) is 30.9 Å². The van der Waals surface area contributed by atoms with Crippen LogP contribution in [0.2, 0.25) is 0 Å². The summed E-state index contributed by atoms with van der Waals surface area (Å²) in [4.78, 5) is 25.4. The molecule has 158 valence electrons. The van der Waals surface area contributed by atoms with Crippen LogP contribution in [0.5, 0.6) is 0 Å². The normalized spacial score (nSPS) is 17.2. The third-order valence-electron chi connectivity index (χ3n) is 5.64. The molecule has 2 aromatic heterocycles. The number of rotatable bonds is 5. The molecule has 2 aliphatic rings. The topological polar surface area (TPSA) is 140 Å². The van der Waals surface area contributed by atoms with E-state index in [2.05, 4.69) is 26.7 Å². The predicted molar refractivity (Wildman–Crippen MR) is 109 cm³/mol. The van der Waals surface area contributed by atoms with Crippen LogP contribution in [-0.4, -0.2) is 38.8 Å². The zero-order valence-corrected chi connectivity index (χ0v) is 17.2. The molecule has 0 bridgehead atoms. The lowest BCUT2D eigenvalue weighted by Gasteiger charge is -2.20. The molecule has 4 rings (SSSR count). The number of hydrogen-bond donors (Lipinski definition) is 2. The summed E-state index contributed by atoms with van der Waals surface area (Å²) < 4.78 is 1.78. The number of carbonyl (C=O) groups is 2. The average Bonchev–Trinajstić information content (AvgIpc) is 3.45. The van der Waals surface area contributed by atoms with Crippen LogP contribution in [0.15, 0.2) is 24.5 Å². The largest absolute Gasteiger partial charge is 0.366 e. The van der Waals surface area contributed by atoms with Gasteiger partial charge in [-0.3, -0.25) is 14.6 Å². The summed E-state index contributed by atoms with van der Waals surface area (Å²) in [7, 11) is 1.51. The van der Waals surface area contributed by atoms with Crippen molar-refractivity contribution < 1.29 is 9.59 Å². The maximum atomic E-state index is 11.0. The lowest BCUT2D eigenvalue weighted by Crippen LogP contribution is -2.19. The fraction of sp³-hybridized carbons (Fsp3) is 0.524. The van der Waals surface area contributed by atoms with E-state index >= 15 is 0 Å². The van der Waals surface area contributed by atoms with Gasteiger partial charge in [-0.1, -0.05) is 37.3 Å². The van der Waals surface area contributed by atoms with Gasteiger partial charge in [-0.05, 0) is 37.3 Å². The number of nitrogens with one attached hydrogen (secondary N) is 1. The number of nitrogens with two attached hydrogens (primary N) is 1. The Kier molecular flexibility index (Phi) is 6.77. The number of primary amides is 1. The maximum Gasteiger partial charge on any atom is 0.269 e. The first kappa shape index (κ1) is 21.4. The van der Waals surface area contributed by atoms with Crippen LogP contribution in [0.1, 0.15) is 71.5 Å². The van der Waals surface area contributed by atoms with Crippen molar-refractivity contribution in [2.45, 2.75) is 56.9 Å². The summed E-state index contributed by atoms with van der Waals surface area (Å²) in [6, 6.07) is 5.25. The number of nitrogens with zero attached hydrogens (tertiary/aromatic N) is 5. The van der Waals surface area contributed by atoms with E-state index in [0.29, 0.717) is 0 Å². The van der Waals surface area contributed by atoms with Gasteiger partial charge in [0.05, 0.1) is 23.5 Å². The minimum absolute atomic E-state index is 0.257. The molecule has 2 amide bonds. The van der Waals surface area contributed by atoms with Crippen molar-refractivity contribution in [3.05, 3.63) is 41.5 Å². The smallest absolute Gasteiger partial charge is 0.269 e. The zero-order chi connectivity index (χ0) is 21.6. The molecule has 2 heterocycles. The van der Waals surface area contributed by atoms with Crippen molar-refractivity contribution in [1.29, 1.82) is 5.26 Å². The monoisotopic (exact) mass is 409 g/mol. The molecule has 0 aliphatic heterocycles. The predicted octanol–water partition coefficient (Wildman–Crippen LogP) is 1.95. The van der Waals surface area contributed by atoms with Gasteiger partial charge in [0.2, 0.25) is 5.91 Å². The number of hydrogen-bond acceptors (Lipinski definition) is 6. The number of aromatic nitrogens is 4. The van der Waals surface area contributed by atoms with Crippen LogP contribution >= 0.6 is 0 Å². The minimum Gasteiger partial charge on any atom is -0.366 e. The molecule has 2 aromatic rings. The average molecular weight is 409 g/mol. The van der Waals surface area contributed by atoms with Gasteiger partial charge in [0, 0.05) is 13.2 Å². The first-order valence-electron chi connectivity index (χ1n) is 10.3. The fourth-order valence-corrected chi connectivity index (χ4v) is 3.60. The van der Waals surface area contributed by atoms with Gasteiger partial charge in [0.25, 0.3) is 5.91 Å². The van der Waals surface area contributed by atoms with E-state index in [-0.39, 0.29) is 22.7 Å². The standard InChI is InChI=1S/C13H18N4.C8H9N3O2/c14-10-13(6-7-13)17-9-12(15-16-17)8-11-4-2-1-3-5-11;1-10-8(13)6-3-2-5(4-11-6)7(9)12/h9,11H,1-8H2;2-4H,1H3,(H2,9,12)(H,10,13). The highest BCUT2D eigenvalue weighted by molar-refractivity contribution is 5.95. The summed E-state index contributed by atoms with van der Waals surface area (Å²) in [6.07, 6.45) is 12.9. The Balaban J connectivity index is 0.000000178. The highest BCUT2D eigenvalue weighted by Crippen LogP contribution is 2.42. The van der Waals surface area contributed by atoms with E-state index in [9.17, 15) is 9.59 Å². The second-order valence-electron chi connectivity index (χ2n) is 7.88. The molecule has 0 atom stereocenters. The first-order valence-corrected chi connectivity index (χ1v) is 10.3. The lowest BCUT2D eigenvalue weighted by molar-refractivity contribution is 0.0954. The zero-order valence-electron chi connectivity index (χ0n) is 17.2. The Bertz CT molecular complexity index is 920. The molecule has 2 aliphatic carbocycles. The highest BCUT2D eigenvalue weighted by Gasteiger charge is 2.46. The molecule has 0 unspecified atom stereocenters. The molecular formula is C21H27N7O2. The third kappa shape index (κ3) is 5.20. The Hall–Kier alpha value is -3.28. The Morgan fingerprint density at radius 1 is 1.30 bits per heavy atom. The van der Waals surface area contributed by atoms with Gasteiger partial charge in [0.15, 0.2) is 5.54 Å². The molecule has 2 saturated carbocycles. The van der Waals surface area contributed by atoms with Crippen molar-refractivity contribution in [3.63, 3.8) is 0 Å². The molecule has 9 nitrogen and oxygen atoms in total. The molecule has 0 spiro atoms.